The van der Waals surface area contributed by atoms with E-state index < -0.39 is 0 Å². The lowest BCUT2D eigenvalue weighted by Gasteiger charge is -2.08. The Hall–Kier alpha value is -0.610. The monoisotopic (exact) mass is 230 g/mol. The number of ether oxygens (including phenoxy) is 1. The predicted octanol–water partition coefficient (Wildman–Crippen LogP) is 1.31. The van der Waals surface area contributed by atoms with Crippen LogP contribution < -0.4 is 10.6 Å². The highest BCUT2D eigenvalue weighted by Crippen LogP contribution is 1.93. The Labute approximate surface area is 99.1 Å². The van der Waals surface area contributed by atoms with Crippen molar-refractivity contribution in [3.63, 3.8) is 0 Å². The van der Waals surface area contributed by atoms with E-state index in [9.17, 15) is 4.79 Å². The molecule has 0 unspecified atom stereocenters. The lowest BCUT2D eigenvalue weighted by molar-refractivity contribution is -0.121. The van der Waals surface area contributed by atoms with Gasteiger partial charge in [-0.15, -0.1) is 0 Å². The van der Waals surface area contributed by atoms with Crippen LogP contribution in [0, 0.1) is 0 Å². The van der Waals surface area contributed by atoms with Crippen LogP contribution in [0.4, 0.5) is 0 Å². The lowest BCUT2D eigenvalue weighted by atomic mass is 10.2. The molecule has 0 radical (unpaired) electrons. The Kier molecular flexibility index (Phi) is 10.5. The number of nitrogens with one attached hydrogen (secondary N) is 2. The van der Waals surface area contributed by atoms with Crippen LogP contribution in [0.2, 0.25) is 0 Å². The van der Waals surface area contributed by atoms with Crippen LogP contribution in [0.5, 0.6) is 0 Å². The van der Waals surface area contributed by atoms with E-state index in [0.717, 1.165) is 32.5 Å². The molecule has 4 heteroatoms. The molecular weight excluding hydrogens is 204 g/mol. The van der Waals surface area contributed by atoms with Crippen molar-refractivity contribution >= 4 is 5.91 Å². The highest BCUT2D eigenvalue weighted by Gasteiger charge is 2.01. The van der Waals surface area contributed by atoms with Gasteiger partial charge in [0.25, 0.3) is 0 Å². The highest BCUT2D eigenvalue weighted by molar-refractivity contribution is 5.76. The summed E-state index contributed by atoms with van der Waals surface area (Å²) in [6, 6.07) is 0.238. The Morgan fingerprint density at radius 1 is 1.19 bits per heavy atom. The van der Waals surface area contributed by atoms with Gasteiger partial charge in [0.05, 0.1) is 0 Å². The number of methoxy groups -OCH3 is 1. The Morgan fingerprint density at radius 3 is 2.56 bits per heavy atom. The van der Waals surface area contributed by atoms with Crippen LogP contribution in [0.1, 0.15) is 39.5 Å². The van der Waals surface area contributed by atoms with Crippen LogP contribution in [-0.2, 0) is 9.53 Å². The fourth-order valence-electron chi connectivity index (χ4n) is 1.39. The highest BCUT2D eigenvalue weighted by atomic mass is 16.5. The van der Waals surface area contributed by atoms with Crippen molar-refractivity contribution in [2.45, 2.75) is 45.6 Å². The topological polar surface area (TPSA) is 50.4 Å². The van der Waals surface area contributed by atoms with Gasteiger partial charge < -0.3 is 15.4 Å². The third kappa shape index (κ3) is 11.5. The molecular formula is C12H26N2O2. The molecule has 16 heavy (non-hydrogen) atoms. The van der Waals surface area contributed by atoms with E-state index in [1.165, 1.54) is 6.42 Å². The molecule has 0 aliphatic rings. The minimum Gasteiger partial charge on any atom is -0.385 e. The average Bonchev–Trinajstić information content (AvgIpc) is 2.21. The van der Waals surface area contributed by atoms with Crippen LogP contribution in [0.3, 0.4) is 0 Å². The Balaban J connectivity index is 3.11. The van der Waals surface area contributed by atoms with E-state index in [1.807, 2.05) is 13.8 Å². The first kappa shape index (κ1) is 15.4. The second-order valence-electron chi connectivity index (χ2n) is 4.28. The molecule has 0 aromatic heterocycles. The first-order chi connectivity index (χ1) is 7.66. The smallest absolute Gasteiger partial charge is 0.221 e. The number of carbonyl (C=O) groups is 1. The van der Waals surface area contributed by atoms with Crippen molar-refractivity contribution in [2.75, 3.05) is 26.8 Å². The third-order valence-electron chi connectivity index (χ3n) is 2.18. The molecule has 0 rings (SSSR count). The van der Waals surface area contributed by atoms with E-state index >= 15 is 0 Å². The zero-order valence-corrected chi connectivity index (χ0v) is 10.8. The van der Waals surface area contributed by atoms with Gasteiger partial charge in [-0.05, 0) is 39.7 Å². The molecule has 0 saturated heterocycles. The molecule has 4 nitrogen and oxygen atoms in total. The summed E-state index contributed by atoms with van der Waals surface area (Å²) < 4.78 is 4.96. The molecule has 0 aliphatic carbocycles. The van der Waals surface area contributed by atoms with Gasteiger partial charge >= 0.3 is 0 Å². The van der Waals surface area contributed by atoms with Crippen molar-refractivity contribution in [1.29, 1.82) is 0 Å². The van der Waals surface area contributed by atoms with Crippen molar-refractivity contribution in [3.8, 4) is 0 Å². The molecule has 0 atom stereocenters. The quantitative estimate of drug-likeness (QED) is 0.556. The normalized spacial score (nSPS) is 10.8. The molecule has 96 valence electrons. The van der Waals surface area contributed by atoms with Gasteiger partial charge in [0.1, 0.15) is 0 Å². The van der Waals surface area contributed by atoms with Crippen LogP contribution in [0.25, 0.3) is 0 Å². The molecule has 0 aromatic carbocycles. The Morgan fingerprint density at radius 2 is 1.94 bits per heavy atom. The minimum atomic E-state index is 0.127. The number of amides is 1. The van der Waals surface area contributed by atoms with Crippen molar-refractivity contribution < 1.29 is 9.53 Å². The summed E-state index contributed by atoms with van der Waals surface area (Å²) in [6.45, 7) is 6.54. The van der Waals surface area contributed by atoms with Gasteiger partial charge in [0, 0.05) is 32.7 Å². The molecule has 2 N–H and O–H groups in total. The maximum atomic E-state index is 11.3. The van der Waals surface area contributed by atoms with E-state index in [0.29, 0.717) is 6.42 Å². The first-order valence-electron chi connectivity index (χ1n) is 6.16. The molecule has 0 aliphatic heterocycles. The predicted molar refractivity (Wildman–Crippen MR) is 66.5 cm³/mol. The van der Waals surface area contributed by atoms with E-state index in [4.69, 9.17) is 4.74 Å². The van der Waals surface area contributed by atoms with Gasteiger partial charge in [-0.3, -0.25) is 4.79 Å². The first-order valence-corrected chi connectivity index (χ1v) is 6.16. The summed E-state index contributed by atoms with van der Waals surface area (Å²) in [5, 5.41) is 6.13. The van der Waals surface area contributed by atoms with Crippen LogP contribution in [0.15, 0.2) is 0 Å². The number of hydrogen-bond donors (Lipinski definition) is 2. The van der Waals surface area contributed by atoms with Crippen molar-refractivity contribution in [1.82, 2.24) is 10.6 Å². The maximum Gasteiger partial charge on any atom is 0.221 e. The number of carbonyl (C=O) groups excluding carboxylic acids is 1. The zero-order chi connectivity index (χ0) is 12.2. The summed E-state index contributed by atoms with van der Waals surface area (Å²) >= 11 is 0. The van der Waals surface area contributed by atoms with Gasteiger partial charge in [0.2, 0.25) is 5.91 Å². The van der Waals surface area contributed by atoms with Gasteiger partial charge in [-0.2, -0.15) is 0 Å². The molecule has 1 amide bonds. The van der Waals surface area contributed by atoms with Crippen LogP contribution in [-0.4, -0.2) is 38.8 Å². The summed E-state index contributed by atoms with van der Waals surface area (Å²) in [4.78, 5) is 11.3. The molecule has 0 heterocycles. The lowest BCUT2D eigenvalue weighted by Crippen LogP contribution is -2.32. The number of hydrogen-bond acceptors (Lipinski definition) is 3. The second-order valence-corrected chi connectivity index (χ2v) is 4.28. The largest absolute Gasteiger partial charge is 0.385 e. The molecule has 0 bridgehead atoms. The standard InChI is InChI=1S/C12H26N2O2/c1-11(2)14-12(15)7-9-13-8-5-4-6-10-16-3/h11,13H,4-10H2,1-3H3,(H,14,15). The summed E-state index contributed by atoms with van der Waals surface area (Å²) in [6.07, 6.45) is 4.01. The average molecular weight is 230 g/mol. The van der Waals surface area contributed by atoms with Crippen molar-refractivity contribution in [2.24, 2.45) is 0 Å². The Bertz CT molecular complexity index is 172. The second kappa shape index (κ2) is 10.9. The molecule has 0 saturated carbocycles. The van der Waals surface area contributed by atoms with Crippen molar-refractivity contribution in [3.05, 3.63) is 0 Å². The summed E-state index contributed by atoms with van der Waals surface area (Å²) in [7, 11) is 1.73. The third-order valence-corrected chi connectivity index (χ3v) is 2.18. The number of unbranched alkanes of at least 4 members (excludes halogenated alkanes) is 2. The van der Waals surface area contributed by atoms with Gasteiger partial charge in [-0.1, -0.05) is 0 Å². The van der Waals surface area contributed by atoms with E-state index in [-0.39, 0.29) is 11.9 Å². The summed E-state index contributed by atoms with van der Waals surface area (Å²) in [5.41, 5.74) is 0. The zero-order valence-electron chi connectivity index (χ0n) is 10.8. The van der Waals surface area contributed by atoms with E-state index in [2.05, 4.69) is 10.6 Å². The van der Waals surface area contributed by atoms with Crippen LogP contribution >= 0.6 is 0 Å². The van der Waals surface area contributed by atoms with E-state index in [1.54, 1.807) is 7.11 Å². The molecule has 0 aromatic rings. The fourth-order valence-corrected chi connectivity index (χ4v) is 1.39. The summed E-state index contributed by atoms with van der Waals surface area (Å²) in [5.74, 6) is 0.127. The minimum absolute atomic E-state index is 0.127. The molecule has 0 spiro atoms. The maximum absolute atomic E-state index is 11.3. The van der Waals surface area contributed by atoms with Gasteiger partial charge in [0.15, 0.2) is 0 Å². The number of rotatable bonds is 10. The van der Waals surface area contributed by atoms with Gasteiger partial charge in [-0.25, -0.2) is 0 Å². The SMILES string of the molecule is COCCCCCNCCC(=O)NC(C)C. The molecule has 0 fully saturated rings. The fraction of sp³-hybridized carbons (Fsp3) is 0.917.